The molecule has 0 radical (unpaired) electrons. The number of halogens is 3. The number of benzene rings is 1. The number of aliphatic hydroxyl groups is 1. The molecular weight excluding hydrogens is 281 g/mol. The Bertz CT molecular complexity index is 612. The number of rotatable bonds is 4. The van der Waals surface area contributed by atoms with E-state index in [1.165, 1.54) is 10.9 Å². The third-order valence-corrected chi connectivity index (χ3v) is 3.11. The van der Waals surface area contributed by atoms with Crippen LogP contribution in [-0.4, -0.2) is 21.5 Å². The van der Waals surface area contributed by atoms with E-state index in [0.717, 1.165) is 16.7 Å². The lowest BCUT2D eigenvalue weighted by atomic mass is 10.1. The minimum absolute atomic E-state index is 0.0226. The predicted molar refractivity (Wildman–Crippen MR) is 73.0 cm³/mol. The summed E-state index contributed by atoms with van der Waals surface area (Å²) in [5.41, 5.74) is 2.13. The lowest BCUT2D eigenvalue weighted by molar-refractivity contribution is -0.142. The molecule has 0 aliphatic carbocycles. The quantitative estimate of drug-likeness (QED) is 0.942. The maximum atomic E-state index is 12.9. The van der Waals surface area contributed by atoms with E-state index in [2.05, 4.69) is 5.10 Å². The van der Waals surface area contributed by atoms with Crippen LogP contribution in [0.25, 0.3) is 0 Å². The zero-order chi connectivity index (χ0) is 15.6. The highest BCUT2D eigenvalue weighted by molar-refractivity contribution is 5.29. The van der Waals surface area contributed by atoms with Crippen molar-refractivity contribution in [3.8, 4) is 0 Å². The van der Waals surface area contributed by atoms with Gasteiger partial charge in [0, 0.05) is 18.4 Å². The van der Waals surface area contributed by atoms with Gasteiger partial charge in [-0.05, 0) is 25.8 Å². The topological polar surface area (TPSA) is 38.0 Å². The first-order valence-electron chi connectivity index (χ1n) is 6.61. The van der Waals surface area contributed by atoms with E-state index in [-0.39, 0.29) is 25.1 Å². The first kappa shape index (κ1) is 15.6. The maximum absolute atomic E-state index is 12.9. The van der Waals surface area contributed by atoms with E-state index in [1.807, 2.05) is 32.0 Å². The number of hydrogen-bond donors (Lipinski definition) is 1. The zero-order valence-electron chi connectivity index (χ0n) is 11.9. The Morgan fingerprint density at radius 2 is 1.76 bits per heavy atom. The van der Waals surface area contributed by atoms with Crippen LogP contribution >= 0.6 is 0 Å². The second-order valence-corrected chi connectivity index (χ2v) is 5.17. The number of aliphatic hydroxyl groups excluding tert-OH is 1. The molecule has 114 valence electrons. The van der Waals surface area contributed by atoms with Gasteiger partial charge in [0.15, 0.2) is 5.69 Å². The summed E-state index contributed by atoms with van der Waals surface area (Å²) in [6.45, 7) is 3.82. The Balaban J connectivity index is 2.32. The summed E-state index contributed by atoms with van der Waals surface area (Å²) >= 11 is 0. The highest BCUT2D eigenvalue weighted by Gasteiger charge is 2.36. The average Bonchev–Trinajstić information content (AvgIpc) is 2.70. The summed E-state index contributed by atoms with van der Waals surface area (Å²) in [6.07, 6.45) is -3.20. The lowest BCUT2D eigenvalue weighted by Gasteiger charge is -2.06. The fourth-order valence-electron chi connectivity index (χ4n) is 2.43. The number of aryl methyl sites for hydroxylation is 2. The fourth-order valence-corrected chi connectivity index (χ4v) is 2.43. The molecule has 0 saturated heterocycles. The van der Waals surface area contributed by atoms with Crippen molar-refractivity contribution in [1.82, 2.24) is 9.78 Å². The van der Waals surface area contributed by atoms with Crippen molar-refractivity contribution in [3.05, 3.63) is 52.3 Å². The average molecular weight is 298 g/mol. The van der Waals surface area contributed by atoms with Crippen LogP contribution < -0.4 is 0 Å². The summed E-state index contributed by atoms with van der Waals surface area (Å²) < 4.78 is 40.0. The lowest BCUT2D eigenvalue weighted by Crippen LogP contribution is -2.11. The molecule has 0 bridgehead atoms. The van der Waals surface area contributed by atoms with Gasteiger partial charge in [-0.25, -0.2) is 0 Å². The molecule has 6 heteroatoms. The van der Waals surface area contributed by atoms with Gasteiger partial charge in [0.2, 0.25) is 0 Å². The van der Waals surface area contributed by atoms with Crippen LogP contribution in [0, 0.1) is 13.8 Å². The van der Waals surface area contributed by atoms with Crippen LogP contribution in [0.15, 0.2) is 24.4 Å². The van der Waals surface area contributed by atoms with Crippen molar-refractivity contribution in [2.75, 3.05) is 6.61 Å². The standard InChI is InChI=1S/C15H17F3N2O/c1-10-5-11(2)7-12(6-10)8-20-9-13(3-4-21)14(19-20)15(16,17)18/h5-7,9,21H,3-4,8H2,1-2H3. The monoisotopic (exact) mass is 298 g/mol. The Morgan fingerprint density at radius 3 is 2.29 bits per heavy atom. The molecule has 0 spiro atoms. The van der Waals surface area contributed by atoms with E-state index in [4.69, 9.17) is 5.11 Å². The maximum Gasteiger partial charge on any atom is 0.435 e. The molecular formula is C15H17F3N2O. The summed E-state index contributed by atoms with van der Waals surface area (Å²) in [5, 5.41) is 12.5. The molecule has 0 saturated carbocycles. The van der Waals surface area contributed by atoms with Gasteiger partial charge >= 0.3 is 6.18 Å². The third-order valence-electron chi connectivity index (χ3n) is 3.11. The molecule has 1 N–H and O–H groups in total. The van der Waals surface area contributed by atoms with E-state index in [1.54, 1.807) is 0 Å². The van der Waals surface area contributed by atoms with Gasteiger partial charge < -0.3 is 5.11 Å². The molecule has 21 heavy (non-hydrogen) atoms. The minimum atomic E-state index is -4.50. The summed E-state index contributed by atoms with van der Waals surface area (Å²) in [4.78, 5) is 0. The summed E-state index contributed by atoms with van der Waals surface area (Å²) in [7, 11) is 0. The molecule has 1 aromatic heterocycles. The molecule has 0 aliphatic heterocycles. The van der Waals surface area contributed by atoms with E-state index in [9.17, 15) is 13.2 Å². The predicted octanol–water partition coefficient (Wildman–Crippen LogP) is 3.10. The molecule has 2 rings (SSSR count). The van der Waals surface area contributed by atoms with E-state index >= 15 is 0 Å². The number of alkyl halides is 3. The van der Waals surface area contributed by atoms with Gasteiger partial charge in [0.1, 0.15) is 0 Å². The normalized spacial score (nSPS) is 11.9. The van der Waals surface area contributed by atoms with Gasteiger partial charge in [-0.2, -0.15) is 18.3 Å². The van der Waals surface area contributed by atoms with Crippen molar-refractivity contribution in [2.24, 2.45) is 0 Å². The highest BCUT2D eigenvalue weighted by Crippen LogP contribution is 2.31. The van der Waals surface area contributed by atoms with Gasteiger partial charge in [0.25, 0.3) is 0 Å². The van der Waals surface area contributed by atoms with Crippen molar-refractivity contribution in [1.29, 1.82) is 0 Å². The van der Waals surface area contributed by atoms with Gasteiger partial charge in [0.05, 0.1) is 6.54 Å². The fraction of sp³-hybridized carbons (Fsp3) is 0.400. The summed E-state index contributed by atoms with van der Waals surface area (Å²) in [6, 6.07) is 5.85. The van der Waals surface area contributed by atoms with Crippen LogP contribution in [0.4, 0.5) is 13.2 Å². The largest absolute Gasteiger partial charge is 0.435 e. The second-order valence-electron chi connectivity index (χ2n) is 5.17. The molecule has 0 atom stereocenters. The second kappa shape index (κ2) is 5.89. The SMILES string of the molecule is Cc1cc(C)cc(Cn2cc(CCO)c(C(F)(F)F)n2)c1. The minimum Gasteiger partial charge on any atom is -0.396 e. The van der Waals surface area contributed by atoms with Crippen molar-refractivity contribution in [3.63, 3.8) is 0 Å². The van der Waals surface area contributed by atoms with Crippen LogP contribution in [0.5, 0.6) is 0 Å². The number of aromatic nitrogens is 2. The Labute approximate surface area is 121 Å². The van der Waals surface area contributed by atoms with Crippen LogP contribution in [0.2, 0.25) is 0 Å². The third kappa shape index (κ3) is 3.85. The van der Waals surface area contributed by atoms with Crippen LogP contribution in [-0.2, 0) is 19.1 Å². The van der Waals surface area contributed by atoms with E-state index in [0.29, 0.717) is 0 Å². The van der Waals surface area contributed by atoms with Crippen molar-refractivity contribution >= 4 is 0 Å². The first-order valence-corrected chi connectivity index (χ1v) is 6.61. The van der Waals surface area contributed by atoms with Gasteiger partial charge in [-0.1, -0.05) is 29.3 Å². The van der Waals surface area contributed by atoms with Crippen molar-refractivity contribution in [2.45, 2.75) is 33.0 Å². The molecule has 0 aliphatic rings. The smallest absolute Gasteiger partial charge is 0.396 e. The van der Waals surface area contributed by atoms with Crippen LogP contribution in [0.1, 0.15) is 27.9 Å². The number of nitrogens with zero attached hydrogens (tertiary/aromatic N) is 2. The molecule has 1 aromatic carbocycles. The van der Waals surface area contributed by atoms with Gasteiger partial charge in [-0.15, -0.1) is 0 Å². The molecule has 1 heterocycles. The molecule has 3 nitrogen and oxygen atoms in total. The Morgan fingerprint density at radius 1 is 1.14 bits per heavy atom. The first-order chi connectivity index (χ1) is 9.79. The van der Waals surface area contributed by atoms with E-state index < -0.39 is 11.9 Å². The molecule has 2 aromatic rings. The molecule has 0 fully saturated rings. The Hall–Kier alpha value is -1.82. The van der Waals surface area contributed by atoms with Crippen LogP contribution in [0.3, 0.4) is 0 Å². The number of hydrogen-bond acceptors (Lipinski definition) is 2. The Kier molecular flexibility index (Phi) is 4.37. The van der Waals surface area contributed by atoms with Gasteiger partial charge in [-0.3, -0.25) is 4.68 Å². The molecule has 0 unspecified atom stereocenters. The summed E-state index contributed by atoms with van der Waals surface area (Å²) in [5.74, 6) is 0. The van der Waals surface area contributed by atoms with Crippen molar-refractivity contribution < 1.29 is 18.3 Å². The highest BCUT2D eigenvalue weighted by atomic mass is 19.4. The molecule has 0 amide bonds. The zero-order valence-corrected chi connectivity index (χ0v) is 11.9.